The Morgan fingerprint density at radius 1 is 1.00 bits per heavy atom. The monoisotopic (exact) mass is 319 g/mol. The van der Waals surface area contributed by atoms with E-state index >= 15 is 0 Å². The van der Waals surface area contributed by atoms with E-state index in [2.05, 4.69) is 0 Å². The van der Waals surface area contributed by atoms with E-state index in [-0.39, 0.29) is 23.5 Å². The van der Waals surface area contributed by atoms with Crippen molar-refractivity contribution in [1.82, 2.24) is 0 Å². The Morgan fingerprint density at radius 2 is 1.48 bits per heavy atom. The summed E-state index contributed by atoms with van der Waals surface area (Å²) in [6.45, 7) is 0.537. The van der Waals surface area contributed by atoms with Gasteiger partial charge >= 0.3 is 0 Å². The number of carbonyl (C=O) groups is 1. The summed E-state index contributed by atoms with van der Waals surface area (Å²) in [6, 6.07) is 12.6. The van der Waals surface area contributed by atoms with Gasteiger partial charge in [0.2, 0.25) is 0 Å². The first kappa shape index (κ1) is 16.8. The third-order valence-corrected chi connectivity index (χ3v) is 3.29. The van der Waals surface area contributed by atoms with E-state index in [1.165, 1.54) is 12.1 Å². The zero-order valence-electron chi connectivity index (χ0n) is 13.0. The van der Waals surface area contributed by atoms with Crippen LogP contribution in [-0.4, -0.2) is 37.8 Å². The molecular weight excluding hydrogens is 301 g/mol. The number of halogens is 1. The molecule has 23 heavy (non-hydrogen) atoms. The first-order valence-corrected chi connectivity index (χ1v) is 7.08. The highest BCUT2D eigenvalue weighted by Crippen LogP contribution is 2.24. The molecule has 2 rings (SSSR count). The van der Waals surface area contributed by atoms with Gasteiger partial charge in [0.15, 0.2) is 0 Å². The van der Waals surface area contributed by atoms with Gasteiger partial charge in [0.25, 0.3) is 6.09 Å². The Kier molecular flexibility index (Phi) is 5.18. The summed E-state index contributed by atoms with van der Waals surface area (Å²) in [5.41, 5.74) is 0. The number of ether oxygens (including phenoxy) is 2. The summed E-state index contributed by atoms with van der Waals surface area (Å²) in [6.07, 6.45) is -1.16. The number of carbonyl (C=O) groups excluding carboxylic acids is 1. The molecule has 5 nitrogen and oxygen atoms in total. The molecule has 2 aromatic rings. The number of benzene rings is 2. The van der Waals surface area contributed by atoms with Crippen molar-refractivity contribution in [2.45, 2.75) is 0 Å². The van der Waals surface area contributed by atoms with Crippen LogP contribution in [0.15, 0.2) is 48.5 Å². The van der Waals surface area contributed by atoms with Crippen LogP contribution in [-0.2, 0) is 0 Å². The second-order valence-electron chi connectivity index (χ2n) is 5.55. The third kappa shape index (κ3) is 4.96. The highest BCUT2D eigenvalue weighted by molar-refractivity contribution is 5.53. The quantitative estimate of drug-likeness (QED) is 0.767. The molecule has 0 heterocycles. The number of nitrogens with zero attached hydrogens (tertiary/aromatic N) is 1. The summed E-state index contributed by atoms with van der Waals surface area (Å²) >= 11 is 0. The minimum absolute atomic E-state index is 0.249. The lowest BCUT2D eigenvalue weighted by Gasteiger charge is -2.28. The van der Waals surface area contributed by atoms with Gasteiger partial charge in [-0.05, 0) is 48.5 Å². The second kappa shape index (κ2) is 7.11. The van der Waals surface area contributed by atoms with Crippen molar-refractivity contribution in [3.05, 3.63) is 54.3 Å². The number of hydrogen-bond donors (Lipinski definition) is 0. The molecule has 6 heteroatoms. The average Bonchev–Trinajstić information content (AvgIpc) is 2.51. The van der Waals surface area contributed by atoms with Gasteiger partial charge < -0.3 is 19.4 Å². The zero-order chi connectivity index (χ0) is 16.9. The number of rotatable bonds is 6. The predicted octanol–water partition coefficient (Wildman–Crippen LogP) is 2.42. The Labute approximate surface area is 134 Å². The van der Waals surface area contributed by atoms with Crippen molar-refractivity contribution in [1.29, 1.82) is 0 Å². The van der Waals surface area contributed by atoms with Crippen LogP contribution in [0.5, 0.6) is 17.2 Å². The van der Waals surface area contributed by atoms with E-state index in [9.17, 15) is 14.3 Å². The number of quaternary nitrogens is 1. The van der Waals surface area contributed by atoms with Gasteiger partial charge in [-0.25, -0.2) is 4.39 Å². The lowest BCUT2D eigenvalue weighted by molar-refractivity contribution is -0.838. The zero-order valence-corrected chi connectivity index (χ0v) is 13.0. The van der Waals surface area contributed by atoms with Gasteiger partial charge in [-0.1, -0.05) is 0 Å². The lowest BCUT2D eigenvalue weighted by atomic mass is 10.3. The van der Waals surface area contributed by atoms with E-state index in [0.717, 1.165) is 0 Å². The third-order valence-electron chi connectivity index (χ3n) is 3.29. The molecule has 122 valence electrons. The molecule has 1 amide bonds. The average molecular weight is 319 g/mol. The van der Waals surface area contributed by atoms with Crippen LogP contribution < -0.4 is 14.6 Å². The molecule has 0 bridgehead atoms. The summed E-state index contributed by atoms with van der Waals surface area (Å²) < 4.78 is 23.6. The molecule has 0 aromatic heterocycles. The standard InChI is InChI=1S/C17H18FNO4/c1-19(2,17(20)21)11-12-22-14-7-9-16(10-8-14)23-15-5-3-13(18)4-6-15/h3-10H,11-12H2,1-2H3. The highest BCUT2D eigenvalue weighted by atomic mass is 19.1. The fourth-order valence-corrected chi connectivity index (χ4v) is 1.73. The van der Waals surface area contributed by atoms with Crippen LogP contribution in [0.2, 0.25) is 0 Å². The Bertz CT molecular complexity index is 653. The Balaban J connectivity index is 1.87. The predicted molar refractivity (Wildman–Crippen MR) is 80.8 cm³/mol. The normalized spacial score (nSPS) is 11.1. The number of carboxylic acid groups (broad SMARTS) is 1. The molecule has 0 unspecified atom stereocenters. The van der Waals surface area contributed by atoms with Crippen LogP contribution in [0.1, 0.15) is 0 Å². The minimum atomic E-state index is -1.16. The largest absolute Gasteiger partial charge is 0.498 e. The van der Waals surface area contributed by atoms with E-state index in [0.29, 0.717) is 17.2 Å². The molecular formula is C17H18FNO4. The van der Waals surface area contributed by atoms with Crippen molar-refractivity contribution in [3.63, 3.8) is 0 Å². The topological polar surface area (TPSA) is 58.6 Å². The van der Waals surface area contributed by atoms with Crippen LogP contribution in [0.3, 0.4) is 0 Å². The highest BCUT2D eigenvalue weighted by Gasteiger charge is 2.17. The van der Waals surface area contributed by atoms with Crippen molar-refractivity contribution < 1.29 is 28.2 Å². The van der Waals surface area contributed by atoms with Gasteiger partial charge in [-0.2, -0.15) is 0 Å². The van der Waals surface area contributed by atoms with Gasteiger partial charge in [-0.15, -0.1) is 0 Å². The molecule has 0 aliphatic carbocycles. The van der Waals surface area contributed by atoms with Crippen LogP contribution in [0.25, 0.3) is 0 Å². The summed E-state index contributed by atoms with van der Waals surface area (Å²) in [5, 5.41) is 10.9. The van der Waals surface area contributed by atoms with Crippen LogP contribution in [0, 0.1) is 5.82 Å². The van der Waals surface area contributed by atoms with Crippen molar-refractivity contribution in [3.8, 4) is 17.2 Å². The number of hydrogen-bond acceptors (Lipinski definition) is 4. The molecule has 0 aliphatic rings. The Morgan fingerprint density at radius 3 is 2.00 bits per heavy atom. The SMILES string of the molecule is C[N+](C)(CCOc1ccc(Oc2ccc(F)cc2)cc1)C(=O)[O-]. The summed E-state index contributed by atoms with van der Waals surface area (Å²) in [7, 11) is 3.08. The number of likely N-dealkylation sites (N-methyl/N-ethyl adjacent to an activating group) is 1. The fourth-order valence-electron chi connectivity index (χ4n) is 1.73. The molecule has 0 atom stereocenters. The van der Waals surface area contributed by atoms with Crippen LogP contribution >= 0.6 is 0 Å². The van der Waals surface area contributed by atoms with Gasteiger partial charge in [0.1, 0.15) is 36.2 Å². The fraction of sp³-hybridized carbons (Fsp3) is 0.235. The maximum absolute atomic E-state index is 12.8. The maximum atomic E-state index is 12.8. The first-order valence-electron chi connectivity index (χ1n) is 7.08. The van der Waals surface area contributed by atoms with E-state index in [1.54, 1.807) is 50.5 Å². The molecule has 0 spiro atoms. The summed E-state index contributed by atoms with van der Waals surface area (Å²) in [5.74, 6) is 1.41. The minimum Gasteiger partial charge on any atom is -0.498 e. The molecule has 0 saturated heterocycles. The van der Waals surface area contributed by atoms with Crippen molar-refractivity contribution in [2.24, 2.45) is 0 Å². The molecule has 0 N–H and O–H groups in total. The maximum Gasteiger partial charge on any atom is 0.257 e. The molecule has 2 aromatic carbocycles. The van der Waals surface area contributed by atoms with E-state index in [4.69, 9.17) is 9.47 Å². The van der Waals surface area contributed by atoms with Crippen molar-refractivity contribution in [2.75, 3.05) is 27.2 Å². The first-order chi connectivity index (χ1) is 10.9. The molecule has 0 aliphatic heterocycles. The number of amides is 1. The molecule has 0 saturated carbocycles. The van der Waals surface area contributed by atoms with E-state index in [1.807, 2.05) is 0 Å². The molecule has 0 fully saturated rings. The van der Waals surface area contributed by atoms with Crippen LogP contribution in [0.4, 0.5) is 9.18 Å². The van der Waals surface area contributed by atoms with Gasteiger partial charge in [0.05, 0.1) is 14.1 Å². The van der Waals surface area contributed by atoms with Crippen molar-refractivity contribution >= 4 is 6.09 Å². The molecule has 0 radical (unpaired) electrons. The smallest absolute Gasteiger partial charge is 0.257 e. The second-order valence-corrected chi connectivity index (χ2v) is 5.55. The Hall–Kier alpha value is -2.60. The van der Waals surface area contributed by atoms with Gasteiger partial charge in [-0.3, -0.25) is 4.48 Å². The lowest BCUT2D eigenvalue weighted by Crippen LogP contribution is -2.54. The summed E-state index contributed by atoms with van der Waals surface area (Å²) in [4.78, 5) is 10.9. The van der Waals surface area contributed by atoms with E-state index < -0.39 is 6.09 Å². The van der Waals surface area contributed by atoms with Gasteiger partial charge in [0, 0.05) is 0 Å².